The molecule has 5 N–H and O–H groups in total. The number of carboxylic acid groups (broad SMARTS) is 5. The van der Waals surface area contributed by atoms with Crippen molar-refractivity contribution in [2.75, 3.05) is 0 Å². The minimum atomic E-state index is -2.74. The second-order valence-corrected chi connectivity index (χ2v) is 3.07. The van der Waals surface area contributed by atoms with Crippen LogP contribution in [-0.4, -0.2) is 61.0 Å². The van der Waals surface area contributed by atoms with E-state index in [9.17, 15) is 14.4 Å². The van der Waals surface area contributed by atoms with Crippen LogP contribution in [0.15, 0.2) is 0 Å². The molecule has 0 aliphatic heterocycles. The molecule has 0 amide bonds. The third kappa shape index (κ3) is 12.0. The Kier molecular flexibility index (Phi) is 12.8. The fraction of sp³-hybridized carbons (Fsp3) is 0.375. The standard InChI is InChI=1S/C6H8O7.C2H2O4.K/c7-3(8)1-6(13,5(11)12)2-4(9)10;3-1(4)2(5)6;/h13H,1-2H2,(H,7,8)(H,9,10)(H,11,12);(H,3,4)(H,5,6);/q;;+1/p-1. The Labute approximate surface area is 153 Å². The van der Waals surface area contributed by atoms with Crippen molar-refractivity contribution >= 4 is 29.8 Å². The summed E-state index contributed by atoms with van der Waals surface area (Å²) in [5, 5.41) is 50.1. The average molecular weight is 320 g/mol. The molecule has 11 nitrogen and oxygen atoms in total. The Morgan fingerprint density at radius 3 is 1.20 bits per heavy atom. The van der Waals surface area contributed by atoms with Crippen LogP contribution in [0.3, 0.4) is 0 Å². The third-order valence-corrected chi connectivity index (χ3v) is 1.46. The van der Waals surface area contributed by atoms with Crippen LogP contribution in [0.25, 0.3) is 0 Å². The quantitative estimate of drug-likeness (QED) is 0.237. The summed E-state index contributed by atoms with van der Waals surface area (Å²) in [6, 6.07) is 0. The van der Waals surface area contributed by atoms with Crippen molar-refractivity contribution in [2.24, 2.45) is 0 Å². The van der Waals surface area contributed by atoms with Crippen LogP contribution in [0.2, 0.25) is 0 Å². The molecule has 0 bridgehead atoms. The summed E-state index contributed by atoms with van der Waals surface area (Å²) >= 11 is 0. The van der Waals surface area contributed by atoms with Crippen molar-refractivity contribution in [3.05, 3.63) is 0 Å². The molecule has 12 heteroatoms. The van der Waals surface area contributed by atoms with Crippen LogP contribution < -0.4 is 56.5 Å². The second-order valence-electron chi connectivity index (χ2n) is 3.07. The van der Waals surface area contributed by atoms with E-state index in [2.05, 4.69) is 0 Å². The first kappa shape index (κ1) is 24.0. The number of rotatable bonds is 5. The van der Waals surface area contributed by atoms with Crippen molar-refractivity contribution in [1.82, 2.24) is 0 Å². The summed E-state index contributed by atoms with van der Waals surface area (Å²) in [4.78, 5) is 48.5. The van der Waals surface area contributed by atoms with Crippen molar-refractivity contribution in [3.8, 4) is 0 Å². The largest absolute Gasteiger partial charge is 1.00 e. The van der Waals surface area contributed by atoms with Gasteiger partial charge in [0.05, 0.1) is 12.8 Å². The molecule has 0 fully saturated rings. The normalized spacial score (nSPS) is 9.25. The maximum Gasteiger partial charge on any atom is 1.00 e. The van der Waals surface area contributed by atoms with Crippen molar-refractivity contribution in [3.63, 3.8) is 0 Å². The van der Waals surface area contributed by atoms with Gasteiger partial charge in [0, 0.05) is 0 Å². The minimum Gasteiger partial charge on any atom is -0.539 e. The molecule has 0 aromatic carbocycles. The van der Waals surface area contributed by atoms with Crippen LogP contribution in [0.1, 0.15) is 12.8 Å². The predicted octanol–water partition coefficient (Wildman–Crippen LogP) is -6.42. The molecule has 0 heterocycles. The van der Waals surface area contributed by atoms with Gasteiger partial charge in [-0.2, -0.15) is 0 Å². The Morgan fingerprint density at radius 2 is 1.10 bits per heavy atom. The molecule has 0 aliphatic rings. The van der Waals surface area contributed by atoms with Crippen LogP contribution in [0.5, 0.6) is 0 Å². The molecule has 0 unspecified atom stereocenters. The molecule has 0 aliphatic carbocycles. The first-order chi connectivity index (χ1) is 8.42. The Morgan fingerprint density at radius 1 is 0.850 bits per heavy atom. The Bertz CT molecular complexity index is 373. The molecule has 0 saturated carbocycles. The van der Waals surface area contributed by atoms with E-state index in [1.165, 1.54) is 0 Å². The monoisotopic (exact) mass is 320 g/mol. The summed E-state index contributed by atoms with van der Waals surface area (Å²) in [5.41, 5.74) is -2.74. The minimum absolute atomic E-state index is 0. The molecule has 20 heavy (non-hydrogen) atoms. The van der Waals surface area contributed by atoms with Gasteiger partial charge in [-0.05, 0) is 0 Å². The predicted molar refractivity (Wildman–Crippen MR) is 49.7 cm³/mol. The molecule has 0 atom stereocenters. The molecule has 0 radical (unpaired) electrons. The molecular weight excluding hydrogens is 311 g/mol. The summed E-state index contributed by atoms with van der Waals surface area (Å²) in [6.45, 7) is 0. The zero-order valence-electron chi connectivity index (χ0n) is 10.1. The summed E-state index contributed by atoms with van der Waals surface area (Å²) in [6.07, 6.45) is -2.29. The fourth-order valence-electron chi connectivity index (χ4n) is 0.714. The molecular formula is C8H9KO11. The number of aliphatic carboxylic acids is 5. The maximum atomic E-state index is 10.3. The van der Waals surface area contributed by atoms with Gasteiger partial charge in [0.1, 0.15) is 0 Å². The van der Waals surface area contributed by atoms with Gasteiger partial charge in [0.15, 0.2) is 11.6 Å². The zero-order valence-corrected chi connectivity index (χ0v) is 13.2. The van der Waals surface area contributed by atoms with E-state index in [1.807, 2.05) is 0 Å². The first-order valence-corrected chi connectivity index (χ1v) is 4.26. The number of carboxylic acids is 5. The van der Waals surface area contributed by atoms with Crippen LogP contribution >= 0.6 is 0 Å². The van der Waals surface area contributed by atoms with E-state index in [0.717, 1.165) is 0 Å². The van der Waals surface area contributed by atoms with E-state index in [1.54, 1.807) is 0 Å². The van der Waals surface area contributed by atoms with E-state index < -0.39 is 48.3 Å². The SMILES string of the molecule is O=C(O)CC(O)(CC(=O)O)C(=O)O.O=C([O-])C(=O)O.[K+]. The smallest absolute Gasteiger partial charge is 0.539 e. The summed E-state index contributed by atoms with van der Waals surface area (Å²) in [5.74, 6) is -9.03. The van der Waals surface area contributed by atoms with E-state index in [4.69, 9.17) is 40.2 Å². The van der Waals surface area contributed by atoms with Gasteiger partial charge in [-0.25, -0.2) is 9.59 Å². The number of carbonyl (C=O) groups is 5. The van der Waals surface area contributed by atoms with Crippen molar-refractivity contribution in [2.45, 2.75) is 18.4 Å². The molecule has 0 aromatic rings. The van der Waals surface area contributed by atoms with Crippen LogP contribution in [0.4, 0.5) is 0 Å². The van der Waals surface area contributed by atoms with E-state index >= 15 is 0 Å². The topological polar surface area (TPSA) is 210 Å². The van der Waals surface area contributed by atoms with Crippen molar-refractivity contribution < 1.29 is 106 Å². The van der Waals surface area contributed by atoms with Crippen LogP contribution in [-0.2, 0) is 24.0 Å². The second kappa shape index (κ2) is 10.7. The van der Waals surface area contributed by atoms with E-state index in [-0.39, 0.29) is 51.4 Å². The number of hydrogen-bond donors (Lipinski definition) is 5. The number of hydrogen-bond acceptors (Lipinski definition) is 7. The Hall–Kier alpha value is -1.05. The van der Waals surface area contributed by atoms with E-state index in [0.29, 0.717) is 0 Å². The maximum absolute atomic E-state index is 10.3. The van der Waals surface area contributed by atoms with Gasteiger partial charge in [-0.1, -0.05) is 0 Å². The first-order valence-electron chi connectivity index (χ1n) is 4.26. The van der Waals surface area contributed by atoms with Crippen molar-refractivity contribution in [1.29, 1.82) is 0 Å². The van der Waals surface area contributed by atoms with Gasteiger partial charge in [-0.15, -0.1) is 0 Å². The molecule has 0 aromatic heterocycles. The summed E-state index contributed by atoms with van der Waals surface area (Å²) in [7, 11) is 0. The average Bonchev–Trinajstić information content (AvgIpc) is 2.14. The van der Waals surface area contributed by atoms with Gasteiger partial charge in [-0.3, -0.25) is 9.59 Å². The number of carbonyl (C=O) groups excluding carboxylic acids is 1. The van der Waals surface area contributed by atoms with Crippen LogP contribution in [0, 0.1) is 0 Å². The fourth-order valence-corrected chi connectivity index (χ4v) is 0.714. The third-order valence-electron chi connectivity index (χ3n) is 1.46. The molecule has 108 valence electrons. The molecule has 0 rings (SSSR count). The van der Waals surface area contributed by atoms with Gasteiger partial charge in [0.25, 0.3) is 0 Å². The molecule has 0 spiro atoms. The van der Waals surface area contributed by atoms with Gasteiger partial charge < -0.3 is 35.4 Å². The summed E-state index contributed by atoms with van der Waals surface area (Å²) < 4.78 is 0. The Balaban J connectivity index is -0.000000352. The molecule has 0 saturated heterocycles. The zero-order chi connectivity index (χ0) is 15.8. The van der Waals surface area contributed by atoms with Gasteiger partial charge >= 0.3 is 75.3 Å². The number of aliphatic hydroxyl groups is 1. The van der Waals surface area contributed by atoms with Gasteiger partial charge in [0.2, 0.25) is 0 Å².